The van der Waals surface area contributed by atoms with Crippen molar-refractivity contribution in [3.05, 3.63) is 33.8 Å². The number of hydrogen-bond donors (Lipinski definition) is 0. The van der Waals surface area contributed by atoms with Gasteiger partial charge in [-0.25, -0.2) is 0 Å². The highest BCUT2D eigenvalue weighted by atomic mass is 79.9. The summed E-state index contributed by atoms with van der Waals surface area (Å²) in [6.45, 7) is 4.91. The maximum Gasteiger partial charge on any atom is 0.253 e. The molecule has 0 unspecified atom stereocenters. The number of aryl methyl sites for hydroxylation is 1. The summed E-state index contributed by atoms with van der Waals surface area (Å²) < 4.78 is 0.949. The van der Waals surface area contributed by atoms with E-state index in [0.717, 1.165) is 35.0 Å². The lowest BCUT2D eigenvalue weighted by Gasteiger charge is -2.18. The van der Waals surface area contributed by atoms with Gasteiger partial charge in [0.1, 0.15) is 0 Å². The molecule has 0 aliphatic carbocycles. The van der Waals surface area contributed by atoms with E-state index in [9.17, 15) is 4.79 Å². The van der Waals surface area contributed by atoms with Crippen LogP contribution in [0.2, 0.25) is 0 Å². The molecule has 0 heterocycles. The average molecular weight is 284 g/mol. The van der Waals surface area contributed by atoms with Crippen LogP contribution in [-0.4, -0.2) is 24.4 Å². The van der Waals surface area contributed by atoms with E-state index in [2.05, 4.69) is 22.9 Å². The van der Waals surface area contributed by atoms with Gasteiger partial charge in [-0.15, -0.1) is 0 Å². The summed E-state index contributed by atoms with van der Waals surface area (Å²) in [5, 5.41) is 0. The molecule has 0 radical (unpaired) electrons. The van der Waals surface area contributed by atoms with Crippen LogP contribution in [-0.2, 0) is 0 Å². The van der Waals surface area contributed by atoms with E-state index in [-0.39, 0.29) is 5.91 Å². The molecule has 0 aliphatic heterocycles. The quantitative estimate of drug-likeness (QED) is 0.826. The third-order valence-electron chi connectivity index (χ3n) is 2.62. The first-order valence-electron chi connectivity index (χ1n) is 5.58. The molecule has 0 fully saturated rings. The number of halogens is 1. The summed E-state index contributed by atoms with van der Waals surface area (Å²) in [4.78, 5) is 13.9. The lowest BCUT2D eigenvalue weighted by Crippen LogP contribution is -2.28. The van der Waals surface area contributed by atoms with Gasteiger partial charge in [-0.05, 0) is 31.0 Å². The monoisotopic (exact) mass is 283 g/mol. The third-order valence-corrected chi connectivity index (χ3v) is 3.12. The van der Waals surface area contributed by atoms with Crippen LogP contribution in [0.1, 0.15) is 35.7 Å². The van der Waals surface area contributed by atoms with Gasteiger partial charge in [0.15, 0.2) is 0 Å². The summed E-state index contributed by atoms with van der Waals surface area (Å²) >= 11 is 3.40. The van der Waals surface area contributed by atoms with E-state index >= 15 is 0 Å². The minimum Gasteiger partial charge on any atom is -0.342 e. The molecule has 1 aromatic carbocycles. The van der Waals surface area contributed by atoms with Gasteiger partial charge in [0, 0.05) is 23.6 Å². The number of carbonyl (C=O) groups is 1. The number of amides is 1. The molecule has 0 N–H and O–H groups in total. The van der Waals surface area contributed by atoms with Crippen LogP contribution in [0.5, 0.6) is 0 Å². The first-order valence-corrected chi connectivity index (χ1v) is 6.37. The van der Waals surface area contributed by atoms with Crippen molar-refractivity contribution in [3.8, 4) is 0 Å². The molecule has 1 rings (SSSR count). The molecular weight excluding hydrogens is 266 g/mol. The van der Waals surface area contributed by atoms with Crippen molar-refractivity contribution in [2.24, 2.45) is 0 Å². The van der Waals surface area contributed by atoms with Crippen molar-refractivity contribution in [1.29, 1.82) is 0 Å². The van der Waals surface area contributed by atoms with Gasteiger partial charge < -0.3 is 4.90 Å². The molecule has 0 aromatic heterocycles. The summed E-state index contributed by atoms with van der Waals surface area (Å²) in [5.74, 6) is 0.104. The minimum atomic E-state index is 0.104. The standard InChI is InChI=1S/C13H18BrNO/c1-4-5-8-15(3)13(16)12-9-11(14)7-6-10(12)2/h6-7,9H,4-5,8H2,1-3H3. The first kappa shape index (κ1) is 13.2. The van der Waals surface area contributed by atoms with Gasteiger partial charge in [0.25, 0.3) is 5.91 Å². The predicted molar refractivity (Wildman–Crippen MR) is 70.7 cm³/mol. The van der Waals surface area contributed by atoms with Crippen LogP contribution in [0.3, 0.4) is 0 Å². The van der Waals surface area contributed by atoms with Crippen molar-refractivity contribution in [2.45, 2.75) is 26.7 Å². The fraction of sp³-hybridized carbons (Fsp3) is 0.462. The summed E-state index contributed by atoms with van der Waals surface area (Å²) in [5.41, 5.74) is 1.81. The lowest BCUT2D eigenvalue weighted by atomic mass is 10.1. The van der Waals surface area contributed by atoms with Gasteiger partial charge in [-0.1, -0.05) is 35.3 Å². The van der Waals surface area contributed by atoms with E-state index in [1.54, 1.807) is 4.90 Å². The molecule has 16 heavy (non-hydrogen) atoms. The summed E-state index contributed by atoms with van der Waals surface area (Å²) in [7, 11) is 1.86. The third kappa shape index (κ3) is 3.34. The molecule has 3 heteroatoms. The Morgan fingerprint density at radius 1 is 1.44 bits per heavy atom. The highest BCUT2D eigenvalue weighted by molar-refractivity contribution is 9.10. The zero-order chi connectivity index (χ0) is 12.1. The van der Waals surface area contributed by atoms with E-state index < -0.39 is 0 Å². The Morgan fingerprint density at radius 2 is 2.12 bits per heavy atom. The molecule has 0 spiro atoms. The Morgan fingerprint density at radius 3 is 2.75 bits per heavy atom. The van der Waals surface area contributed by atoms with Gasteiger partial charge in [-0.3, -0.25) is 4.79 Å². The fourth-order valence-corrected chi connectivity index (χ4v) is 1.89. The smallest absolute Gasteiger partial charge is 0.253 e. The van der Waals surface area contributed by atoms with Crippen molar-refractivity contribution in [1.82, 2.24) is 4.90 Å². The number of unbranched alkanes of at least 4 members (excludes halogenated alkanes) is 1. The van der Waals surface area contributed by atoms with E-state index in [1.165, 1.54) is 0 Å². The molecule has 2 nitrogen and oxygen atoms in total. The van der Waals surface area contributed by atoms with Gasteiger partial charge in [0.05, 0.1) is 0 Å². The minimum absolute atomic E-state index is 0.104. The normalized spacial score (nSPS) is 10.2. The molecule has 1 amide bonds. The van der Waals surface area contributed by atoms with Crippen molar-refractivity contribution in [3.63, 3.8) is 0 Å². The Balaban J connectivity index is 2.83. The zero-order valence-electron chi connectivity index (χ0n) is 10.1. The van der Waals surface area contributed by atoms with Crippen LogP contribution in [0.25, 0.3) is 0 Å². The largest absolute Gasteiger partial charge is 0.342 e. The van der Waals surface area contributed by atoms with Crippen LogP contribution in [0.15, 0.2) is 22.7 Å². The molecule has 0 atom stereocenters. The summed E-state index contributed by atoms with van der Waals surface area (Å²) in [6.07, 6.45) is 2.16. The second-order valence-electron chi connectivity index (χ2n) is 4.04. The Labute approximate surface area is 106 Å². The highest BCUT2D eigenvalue weighted by Crippen LogP contribution is 2.17. The number of hydrogen-bond acceptors (Lipinski definition) is 1. The van der Waals surface area contributed by atoms with Crippen molar-refractivity contribution >= 4 is 21.8 Å². The number of rotatable bonds is 4. The van der Waals surface area contributed by atoms with Gasteiger partial charge in [-0.2, -0.15) is 0 Å². The van der Waals surface area contributed by atoms with E-state index in [0.29, 0.717) is 0 Å². The maximum atomic E-state index is 12.1. The zero-order valence-corrected chi connectivity index (χ0v) is 11.7. The van der Waals surface area contributed by atoms with Gasteiger partial charge in [0.2, 0.25) is 0 Å². The molecule has 0 bridgehead atoms. The van der Waals surface area contributed by atoms with Crippen molar-refractivity contribution in [2.75, 3.05) is 13.6 Å². The molecule has 0 aliphatic rings. The van der Waals surface area contributed by atoms with Crippen molar-refractivity contribution < 1.29 is 4.79 Å². The van der Waals surface area contributed by atoms with Crippen LogP contribution >= 0.6 is 15.9 Å². The number of carbonyl (C=O) groups excluding carboxylic acids is 1. The lowest BCUT2D eigenvalue weighted by molar-refractivity contribution is 0.0792. The molecule has 1 aromatic rings. The van der Waals surface area contributed by atoms with Gasteiger partial charge >= 0.3 is 0 Å². The van der Waals surface area contributed by atoms with E-state index in [4.69, 9.17) is 0 Å². The Hall–Kier alpha value is -0.830. The summed E-state index contributed by atoms with van der Waals surface area (Å²) in [6, 6.07) is 5.81. The average Bonchev–Trinajstić information content (AvgIpc) is 2.28. The fourth-order valence-electron chi connectivity index (χ4n) is 1.53. The van der Waals surface area contributed by atoms with E-state index in [1.807, 2.05) is 32.2 Å². The molecule has 0 saturated carbocycles. The number of nitrogens with zero attached hydrogens (tertiary/aromatic N) is 1. The Bertz CT molecular complexity index is 376. The second-order valence-corrected chi connectivity index (χ2v) is 4.96. The molecule has 88 valence electrons. The Kier molecular flexibility index (Phi) is 5.00. The molecular formula is C13H18BrNO. The predicted octanol–water partition coefficient (Wildman–Crippen LogP) is 3.63. The van der Waals surface area contributed by atoms with Crippen LogP contribution < -0.4 is 0 Å². The molecule has 0 saturated heterocycles. The SMILES string of the molecule is CCCCN(C)C(=O)c1cc(Br)ccc1C. The first-order chi connectivity index (χ1) is 7.56. The second kappa shape index (κ2) is 6.04. The van der Waals surface area contributed by atoms with Crippen LogP contribution in [0.4, 0.5) is 0 Å². The highest BCUT2D eigenvalue weighted by Gasteiger charge is 2.13. The maximum absolute atomic E-state index is 12.1. The topological polar surface area (TPSA) is 20.3 Å². The van der Waals surface area contributed by atoms with Crippen LogP contribution in [0, 0.1) is 6.92 Å². The number of benzene rings is 1.